The van der Waals surface area contributed by atoms with Crippen LogP contribution in [0, 0.1) is 10.1 Å². The number of Topliss-reactive ketones (excluding diaryl/α,β-unsaturated/α-hetero) is 1. The molecule has 2 aromatic carbocycles. The van der Waals surface area contributed by atoms with Crippen LogP contribution in [0.1, 0.15) is 35.9 Å². The van der Waals surface area contributed by atoms with Crippen LogP contribution < -0.4 is 24.3 Å². The number of nitro groups is 1. The maximum atomic E-state index is 13.7. The highest BCUT2D eigenvalue weighted by atomic mass is 16.6. The van der Waals surface area contributed by atoms with Crippen LogP contribution >= 0.6 is 0 Å². The molecule has 0 radical (unpaired) electrons. The lowest BCUT2D eigenvalue weighted by molar-refractivity contribution is -0.386. The van der Waals surface area contributed by atoms with Gasteiger partial charge in [-0.15, -0.1) is 0 Å². The number of methoxy groups -OCH3 is 4. The second-order valence-electron chi connectivity index (χ2n) is 8.78. The maximum absolute atomic E-state index is 13.7. The molecule has 0 saturated carbocycles. The van der Waals surface area contributed by atoms with Crippen molar-refractivity contribution in [2.75, 3.05) is 33.8 Å². The summed E-state index contributed by atoms with van der Waals surface area (Å²) in [5, 5.41) is 29.4. The number of rotatable bonds is 7. The van der Waals surface area contributed by atoms with Crippen molar-refractivity contribution >= 4 is 17.4 Å². The largest absolute Gasteiger partial charge is 0.500 e. The number of hydrogen-bond donors (Lipinski definition) is 2. The van der Waals surface area contributed by atoms with E-state index in [1.165, 1.54) is 51.6 Å². The number of ketones is 1. The molecule has 198 valence electrons. The molecule has 0 bridgehead atoms. The quantitative estimate of drug-likeness (QED) is 0.345. The highest BCUT2D eigenvalue weighted by Crippen LogP contribution is 2.48. The van der Waals surface area contributed by atoms with Gasteiger partial charge in [0.2, 0.25) is 17.4 Å². The van der Waals surface area contributed by atoms with Gasteiger partial charge in [-0.3, -0.25) is 14.9 Å². The zero-order valence-electron chi connectivity index (χ0n) is 21.0. The molecule has 1 aliphatic heterocycles. The Balaban J connectivity index is 1.62. The van der Waals surface area contributed by atoms with Gasteiger partial charge < -0.3 is 29.4 Å². The molecule has 2 heterocycles. The van der Waals surface area contributed by atoms with Gasteiger partial charge in [0.1, 0.15) is 12.4 Å². The first-order valence-electron chi connectivity index (χ1n) is 11.6. The van der Waals surface area contributed by atoms with Gasteiger partial charge in [0.25, 0.3) is 0 Å². The molecule has 2 N–H and O–H groups in total. The number of allylic oxidation sites excluding steroid dienone is 2. The Morgan fingerprint density at radius 3 is 2.26 bits per heavy atom. The smallest absolute Gasteiger partial charge is 0.315 e. The molecule has 13 nitrogen and oxygen atoms in total. The molecule has 2 aliphatic rings. The average Bonchev–Trinajstić information content (AvgIpc) is 3.39. The molecule has 0 amide bonds. The number of fused-ring (bicyclic) bond motifs is 1. The van der Waals surface area contributed by atoms with E-state index in [2.05, 4.69) is 15.4 Å². The Hall–Kier alpha value is -4.81. The lowest BCUT2D eigenvalue weighted by Gasteiger charge is -2.35. The number of nitro benzene ring substituents is 1. The second kappa shape index (κ2) is 9.57. The summed E-state index contributed by atoms with van der Waals surface area (Å²) in [6.07, 6.45) is 1.94. The maximum Gasteiger partial charge on any atom is 0.315 e. The number of nitrogens with zero attached hydrogens (tertiary/aromatic N) is 4. The first kappa shape index (κ1) is 24.9. The number of carbonyl (C=O) groups is 1. The third kappa shape index (κ3) is 3.92. The number of phenols is 1. The van der Waals surface area contributed by atoms with E-state index < -0.39 is 22.4 Å². The highest BCUT2D eigenvalue weighted by molar-refractivity contribution is 6.00. The van der Waals surface area contributed by atoms with Crippen molar-refractivity contribution in [2.24, 2.45) is 0 Å². The number of aromatic nitrogens is 3. The van der Waals surface area contributed by atoms with E-state index in [0.29, 0.717) is 46.5 Å². The van der Waals surface area contributed by atoms with Gasteiger partial charge in [-0.1, -0.05) is 0 Å². The minimum Gasteiger partial charge on any atom is -0.500 e. The lowest BCUT2D eigenvalue weighted by Crippen LogP contribution is -2.33. The predicted octanol–water partition coefficient (Wildman–Crippen LogP) is 3.34. The van der Waals surface area contributed by atoms with E-state index in [4.69, 9.17) is 18.9 Å². The number of ether oxygens (including phenoxy) is 4. The molecule has 0 fully saturated rings. The van der Waals surface area contributed by atoms with Crippen LogP contribution in [-0.2, 0) is 4.79 Å². The molecule has 2 atom stereocenters. The van der Waals surface area contributed by atoms with Crippen LogP contribution in [0.25, 0.3) is 0 Å². The summed E-state index contributed by atoms with van der Waals surface area (Å²) in [5.41, 5.74) is 1.67. The number of anilines is 1. The monoisotopic (exact) mass is 523 g/mol. The van der Waals surface area contributed by atoms with Crippen molar-refractivity contribution < 1.29 is 33.8 Å². The SMILES string of the molecule is COc1cc([C@H]2C3=C(C[C@@H](c4cc(OC)c(OC)c(OC)c4)CC3=O)Nc3ncnn32)cc([N+](=O)[O-])c1O. The Labute approximate surface area is 216 Å². The lowest BCUT2D eigenvalue weighted by atomic mass is 9.77. The van der Waals surface area contributed by atoms with Crippen molar-refractivity contribution in [1.29, 1.82) is 0 Å². The fraction of sp³-hybridized carbons (Fsp3) is 0.320. The molecule has 38 heavy (non-hydrogen) atoms. The van der Waals surface area contributed by atoms with Gasteiger partial charge in [0, 0.05) is 23.8 Å². The van der Waals surface area contributed by atoms with E-state index in [-0.39, 0.29) is 23.9 Å². The van der Waals surface area contributed by atoms with E-state index >= 15 is 0 Å². The zero-order valence-corrected chi connectivity index (χ0v) is 21.0. The standard InChI is InChI=1S/C25H25N5O8/c1-35-18-10-14(6-16(23(18)32)30(33)34)22-21-15(28-25-26-11-27-29(22)25)5-12(7-17(21)31)13-8-19(36-2)24(38-4)20(9-13)37-3/h6,8-12,22,32H,5,7H2,1-4H3,(H,26,27,28)/t12-,22+/m1/s1. The minimum atomic E-state index is -0.815. The topological polar surface area (TPSA) is 160 Å². The number of aromatic hydroxyl groups is 1. The van der Waals surface area contributed by atoms with Crippen LogP contribution in [-0.4, -0.2) is 59.0 Å². The summed E-state index contributed by atoms with van der Waals surface area (Å²) in [7, 11) is 5.87. The van der Waals surface area contributed by atoms with Gasteiger partial charge in [0.05, 0.1) is 33.4 Å². The summed E-state index contributed by atoms with van der Waals surface area (Å²) < 4.78 is 23.1. The third-order valence-electron chi connectivity index (χ3n) is 6.83. The minimum absolute atomic E-state index is 0.0879. The van der Waals surface area contributed by atoms with Crippen molar-refractivity contribution in [1.82, 2.24) is 14.8 Å². The molecule has 5 rings (SSSR count). The van der Waals surface area contributed by atoms with E-state index in [1.54, 1.807) is 0 Å². The fourth-order valence-electron chi connectivity index (χ4n) is 5.10. The zero-order chi connectivity index (χ0) is 27.1. The Morgan fingerprint density at radius 1 is 1.00 bits per heavy atom. The summed E-state index contributed by atoms with van der Waals surface area (Å²) >= 11 is 0. The summed E-state index contributed by atoms with van der Waals surface area (Å²) in [6.45, 7) is 0. The molecule has 0 unspecified atom stereocenters. The van der Waals surface area contributed by atoms with Crippen LogP contribution in [0.2, 0.25) is 0 Å². The predicted molar refractivity (Wildman–Crippen MR) is 133 cm³/mol. The van der Waals surface area contributed by atoms with E-state index in [9.17, 15) is 20.0 Å². The van der Waals surface area contributed by atoms with Crippen LogP contribution in [0.15, 0.2) is 41.9 Å². The van der Waals surface area contributed by atoms with E-state index in [0.717, 1.165) is 5.56 Å². The van der Waals surface area contributed by atoms with Crippen LogP contribution in [0.4, 0.5) is 11.6 Å². The van der Waals surface area contributed by atoms with Gasteiger partial charge >= 0.3 is 5.69 Å². The molecule has 0 saturated heterocycles. The Morgan fingerprint density at radius 2 is 1.66 bits per heavy atom. The molecular weight excluding hydrogens is 498 g/mol. The number of carbonyl (C=O) groups excluding carboxylic acids is 1. The number of phenolic OH excluding ortho intramolecular Hbond substituents is 1. The fourth-order valence-corrected chi connectivity index (χ4v) is 5.10. The second-order valence-corrected chi connectivity index (χ2v) is 8.78. The van der Waals surface area contributed by atoms with Crippen LogP contribution in [0.5, 0.6) is 28.7 Å². The first-order chi connectivity index (χ1) is 18.3. The van der Waals surface area contributed by atoms with Crippen LogP contribution in [0.3, 0.4) is 0 Å². The summed E-state index contributed by atoms with van der Waals surface area (Å²) in [4.78, 5) is 29.0. The summed E-state index contributed by atoms with van der Waals surface area (Å²) in [5.74, 6) is 0.711. The van der Waals surface area contributed by atoms with Gasteiger partial charge in [-0.25, -0.2) is 4.68 Å². The normalized spacial score (nSPS) is 18.3. The van der Waals surface area contributed by atoms with Gasteiger partial charge in [-0.05, 0) is 41.7 Å². The van der Waals surface area contributed by atoms with Crippen molar-refractivity contribution in [2.45, 2.75) is 24.8 Å². The number of benzene rings is 2. The van der Waals surface area contributed by atoms with Gasteiger partial charge in [0.15, 0.2) is 23.0 Å². The molecule has 0 spiro atoms. The van der Waals surface area contributed by atoms with Crippen molar-refractivity contribution in [3.8, 4) is 28.7 Å². The summed E-state index contributed by atoms with van der Waals surface area (Å²) in [6, 6.07) is 5.52. The average molecular weight is 524 g/mol. The molecule has 13 heteroatoms. The number of nitrogens with one attached hydrogen (secondary N) is 1. The highest BCUT2D eigenvalue weighted by Gasteiger charge is 2.40. The molecular formula is C25H25N5O8. The first-order valence-corrected chi connectivity index (χ1v) is 11.6. The third-order valence-corrected chi connectivity index (χ3v) is 6.83. The Kier molecular flexibility index (Phi) is 6.27. The van der Waals surface area contributed by atoms with Gasteiger partial charge in [-0.2, -0.15) is 10.1 Å². The number of hydrogen-bond acceptors (Lipinski definition) is 11. The molecule has 1 aliphatic carbocycles. The molecule has 1 aromatic heterocycles. The van der Waals surface area contributed by atoms with E-state index in [1.807, 2.05) is 12.1 Å². The Bertz CT molecular complexity index is 1460. The van der Waals surface area contributed by atoms with Crippen molar-refractivity contribution in [3.05, 3.63) is 63.1 Å². The molecule has 3 aromatic rings. The van der Waals surface area contributed by atoms with Crippen molar-refractivity contribution in [3.63, 3.8) is 0 Å².